The predicted molar refractivity (Wildman–Crippen MR) is 146 cm³/mol. The van der Waals surface area contributed by atoms with Gasteiger partial charge in [0.05, 0.1) is 0 Å². The highest BCUT2D eigenvalue weighted by Crippen LogP contribution is 2.08. The average molecular weight is 549 g/mol. The van der Waals surface area contributed by atoms with Crippen LogP contribution in [0.5, 0.6) is 0 Å². The zero-order valence-electron chi connectivity index (χ0n) is 23.0. The van der Waals surface area contributed by atoms with Crippen molar-refractivity contribution in [3.05, 3.63) is 0 Å². The summed E-state index contributed by atoms with van der Waals surface area (Å²) in [6, 6.07) is 0. The number of carbonyl (C=O) groups is 4. The lowest BCUT2D eigenvalue weighted by Crippen LogP contribution is -2.47. The minimum atomic E-state index is -0.870. The van der Waals surface area contributed by atoms with Crippen molar-refractivity contribution in [2.24, 2.45) is 11.5 Å². The lowest BCUT2D eigenvalue weighted by atomic mass is 10.1. The van der Waals surface area contributed by atoms with Gasteiger partial charge in [0.15, 0.2) is 0 Å². The van der Waals surface area contributed by atoms with E-state index in [-0.39, 0.29) is 25.7 Å². The van der Waals surface area contributed by atoms with Crippen LogP contribution in [0.2, 0.25) is 0 Å². The second-order valence-corrected chi connectivity index (χ2v) is 9.37. The topological polar surface area (TPSA) is 208 Å². The van der Waals surface area contributed by atoms with Gasteiger partial charge in [0.25, 0.3) is 0 Å². The molecule has 0 amide bonds. The molecule has 1 heterocycles. The molecule has 0 spiro atoms. The van der Waals surface area contributed by atoms with Crippen LogP contribution < -0.4 is 11.5 Å². The molecular formula is C26H52N4O8. The number of carboxylic acid groups (broad SMARTS) is 4. The van der Waals surface area contributed by atoms with Crippen LogP contribution in [-0.4, -0.2) is 106 Å². The van der Waals surface area contributed by atoms with E-state index in [0.29, 0.717) is 12.8 Å². The number of aliphatic carboxylic acids is 4. The maximum Gasteiger partial charge on any atom is 0.303 e. The van der Waals surface area contributed by atoms with Crippen molar-refractivity contribution in [2.75, 3.05) is 52.4 Å². The molecule has 1 aliphatic rings. The maximum atomic E-state index is 10.1. The van der Waals surface area contributed by atoms with Crippen LogP contribution >= 0.6 is 0 Å². The molecule has 0 aromatic carbocycles. The van der Waals surface area contributed by atoms with E-state index in [0.717, 1.165) is 64.5 Å². The second kappa shape index (κ2) is 27.7. The van der Waals surface area contributed by atoms with Crippen LogP contribution in [0.1, 0.15) is 89.9 Å². The van der Waals surface area contributed by atoms with Crippen LogP contribution in [0, 0.1) is 0 Å². The molecule has 0 bridgehead atoms. The van der Waals surface area contributed by atoms with Gasteiger partial charge < -0.3 is 41.7 Å². The van der Waals surface area contributed by atoms with Gasteiger partial charge in [-0.05, 0) is 64.7 Å². The van der Waals surface area contributed by atoms with Gasteiger partial charge in [-0.25, -0.2) is 0 Å². The van der Waals surface area contributed by atoms with Gasteiger partial charge in [0.1, 0.15) is 0 Å². The Morgan fingerprint density at radius 3 is 0.921 bits per heavy atom. The molecule has 0 aromatic rings. The largest absolute Gasteiger partial charge is 0.481 e. The van der Waals surface area contributed by atoms with Crippen LogP contribution in [0.3, 0.4) is 0 Å². The summed E-state index contributed by atoms with van der Waals surface area (Å²) in [5, 5.41) is 33.0. The zero-order chi connectivity index (χ0) is 29.0. The van der Waals surface area contributed by atoms with Crippen LogP contribution in [0.4, 0.5) is 0 Å². The SMILES string of the molecule is NCCCN1CCN(CCCN)CC1.O=C(O)CCCCC(=O)O.O=C(O)CCCCCCCCC(=O)O. The van der Waals surface area contributed by atoms with Crippen LogP contribution in [-0.2, 0) is 19.2 Å². The second-order valence-electron chi connectivity index (χ2n) is 9.37. The van der Waals surface area contributed by atoms with Crippen molar-refractivity contribution < 1.29 is 39.6 Å². The zero-order valence-corrected chi connectivity index (χ0v) is 23.0. The molecule has 1 aliphatic heterocycles. The normalized spacial score (nSPS) is 13.5. The summed E-state index contributed by atoms with van der Waals surface area (Å²) in [6.07, 6.45) is 9.10. The van der Waals surface area contributed by atoms with Gasteiger partial charge in [-0.3, -0.25) is 19.2 Å². The Morgan fingerprint density at radius 1 is 0.447 bits per heavy atom. The van der Waals surface area contributed by atoms with Crippen molar-refractivity contribution in [1.82, 2.24) is 9.80 Å². The predicted octanol–water partition coefficient (Wildman–Crippen LogP) is 2.29. The molecular weight excluding hydrogens is 496 g/mol. The first-order chi connectivity index (χ1) is 18.1. The Hall–Kier alpha value is -2.28. The molecule has 8 N–H and O–H groups in total. The number of carboxylic acids is 4. The monoisotopic (exact) mass is 548 g/mol. The molecule has 12 nitrogen and oxygen atoms in total. The molecule has 224 valence electrons. The fraction of sp³-hybridized carbons (Fsp3) is 0.846. The number of rotatable bonds is 20. The van der Waals surface area contributed by atoms with Gasteiger partial charge in [-0.2, -0.15) is 0 Å². The first kappa shape index (κ1) is 37.9. The molecule has 12 heteroatoms. The Labute approximate surface area is 227 Å². The highest BCUT2D eigenvalue weighted by atomic mass is 16.4. The van der Waals surface area contributed by atoms with Crippen molar-refractivity contribution in [2.45, 2.75) is 89.9 Å². The third-order valence-corrected chi connectivity index (χ3v) is 5.88. The van der Waals surface area contributed by atoms with E-state index in [1.165, 1.54) is 39.3 Å². The molecule has 38 heavy (non-hydrogen) atoms. The summed E-state index contributed by atoms with van der Waals surface area (Å²) < 4.78 is 0. The third kappa shape index (κ3) is 31.7. The number of nitrogens with zero attached hydrogens (tertiary/aromatic N) is 2. The minimum absolute atomic E-state index is 0.0628. The van der Waals surface area contributed by atoms with Crippen LogP contribution in [0.25, 0.3) is 0 Å². The first-order valence-corrected chi connectivity index (χ1v) is 13.8. The number of hydrogen-bond acceptors (Lipinski definition) is 8. The van der Waals surface area contributed by atoms with Crippen molar-refractivity contribution in [1.29, 1.82) is 0 Å². The number of nitrogens with two attached hydrogens (primary N) is 2. The number of hydrogen-bond donors (Lipinski definition) is 6. The van der Waals surface area contributed by atoms with E-state index >= 15 is 0 Å². The number of piperazine rings is 1. The minimum Gasteiger partial charge on any atom is -0.481 e. The van der Waals surface area contributed by atoms with Gasteiger partial charge >= 0.3 is 23.9 Å². The smallest absolute Gasteiger partial charge is 0.303 e. The summed E-state index contributed by atoms with van der Waals surface area (Å²) in [4.78, 5) is 45.1. The van der Waals surface area contributed by atoms with Gasteiger partial charge in [-0.15, -0.1) is 0 Å². The molecule has 1 fully saturated rings. The standard InChI is InChI=1S/C10H24N4.C10H18O4.C6H10O4/c11-3-1-5-13-7-9-14(10-8-13)6-2-4-12;11-9(12)7-5-3-1-2-4-6-8-10(13)14;7-5(8)3-1-2-4-6(9)10/h1-12H2;1-8H2,(H,11,12)(H,13,14);1-4H2,(H,7,8)(H,9,10). The first-order valence-electron chi connectivity index (χ1n) is 13.8. The summed E-state index contributed by atoms with van der Waals surface area (Å²) >= 11 is 0. The van der Waals surface area contributed by atoms with Crippen molar-refractivity contribution in [3.8, 4) is 0 Å². The molecule has 0 radical (unpaired) electrons. The van der Waals surface area contributed by atoms with E-state index in [4.69, 9.17) is 31.9 Å². The van der Waals surface area contributed by atoms with E-state index in [2.05, 4.69) is 9.80 Å². The molecule has 1 saturated heterocycles. The fourth-order valence-corrected chi connectivity index (χ4v) is 3.68. The lowest BCUT2D eigenvalue weighted by molar-refractivity contribution is -0.139. The highest BCUT2D eigenvalue weighted by molar-refractivity contribution is 5.68. The molecule has 0 saturated carbocycles. The van der Waals surface area contributed by atoms with Gasteiger partial charge in [-0.1, -0.05) is 25.7 Å². The Bertz CT molecular complexity index is 562. The van der Waals surface area contributed by atoms with Crippen molar-refractivity contribution >= 4 is 23.9 Å². The summed E-state index contributed by atoms with van der Waals surface area (Å²) in [5.74, 6) is -3.22. The van der Waals surface area contributed by atoms with Crippen LogP contribution in [0.15, 0.2) is 0 Å². The molecule has 0 unspecified atom stereocenters. The molecule has 1 rings (SSSR count). The summed E-state index contributed by atoms with van der Waals surface area (Å²) in [7, 11) is 0. The Morgan fingerprint density at radius 2 is 0.684 bits per heavy atom. The Kier molecular flexibility index (Phi) is 27.7. The molecule has 0 aliphatic carbocycles. The quantitative estimate of drug-likeness (QED) is 0.121. The average Bonchev–Trinajstić information content (AvgIpc) is 2.86. The fourth-order valence-electron chi connectivity index (χ4n) is 3.68. The highest BCUT2D eigenvalue weighted by Gasteiger charge is 2.15. The number of unbranched alkanes of at least 4 members (excludes halogenated alkanes) is 6. The maximum absolute atomic E-state index is 10.1. The van der Waals surface area contributed by atoms with E-state index in [9.17, 15) is 19.2 Å². The molecule has 0 atom stereocenters. The van der Waals surface area contributed by atoms with Gasteiger partial charge in [0.2, 0.25) is 0 Å². The van der Waals surface area contributed by atoms with E-state index in [1.54, 1.807) is 0 Å². The lowest BCUT2D eigenvalue weighted by Gasteiger charge is -2.34. The van der Waals surface area contributed by atoms with Gasteiger partial charge in [0, 0.05) is 51.9 Å². The Balaban J connectivity index is 0. The third-order valence-electron chi connectivity index (χ3n) is 5.88. The van der Waals surface area contributed by atoms with Crippen molar-refractivity contribution in [3.63, 3.8) is 0 Å². The summed E-state index contributed by atoms with van der Waals surface area (Å²) in [5.41, 5.74) is 11.0. The summed E-state index contributed by atoms with van der Waals surface area (Å²) in [6.45, 7) is 8.76. The van der Waals surface area contributed by atoms with E-state index in [1.807, 2.05) is 0 Å². The molecule has 0 aromatic heterocycles. The van der Waals surface area contributed by atoms with E-state index < -0.39 is 23.9 Å².